The normalized spacial score (nSPS) is 18.2. The highest BCUT2D eigenvalue weighted by molar-refractivity contribution is 7.85. The van der Waals surface area contributed by atoms with Crippen molar-refractivity contribution in [3.63, 3.8) is 0 Å². The van der Waals surface area contributed by atoms with Crippen LogP contribution in [0.3, 0.4) is 0 Å². The number of carboxylic acids is 1. The summed E-state index contributed by atoms with van der Waals surface area (Å²) in [5.41, 5.74) is 4.43. The van der Waals surface area contributed by atoms with E-state index in [-0.39, 0.29) is 30.1 Å². The second-order valence-corrected chi connectivity index (χ2v) is 12.6. The average Bonchev–Trinajstić information content (AvgIpc) is 2.84. The summed E-state index contributed by atoms with van der Waals surface area (Å²) < 4.78 is 39.6. The van der Waals surface area contributed by atoms with Crippen molar-refractivity contribution in [3.05, 3.63) is 59.4 Å². The monoisotopic (exact) mass is 557 g/mol. The molecule has 0 bridgehead atoms. The molecule has 2 aliphatic heterocycles. The molecule has 1 unspecified atom stereocenters. The number of carboxylic acid groups (broad SMARTS) is 1. The van der Waals surface area contributed by atoms with Crippen LogP contribution in [0.2, 0.25) is 0 Å². The summed E-state index contributed by atoms with van der Waals surface area (Å²) >= 11 is 0. The van der Waals surface area contributed by atoms with Crippen molar-refractivity contribution in [2.45, 2.75) is 77.3 Å². The Morgan fingerprint density at radius 3 is 2.54 bits per heavy atom. The number of pyridine rings is 1. The van der Waals surface area contributed by atoms with Crippen LogP contribution in [0.4, 0.5) is 5.69 Å². The number of nitrogens with zero attached hydrogens (tertiary/aromatic N) is 2. The summed E-state index contributed by atoms with van der Waals surface area (Å²) in [7, 11) is -4.05. The van der Waals surface area contributed by atoms with Crippen molar-refractivity contribution in [2.75, 3.05) is 17.2 Å². The molecule has 0 saturated heterocycles. The molecule has 2 aliphatic rings. The van der Waals surface area contributed by atoms with Gasteiger partial charge in [-0.2, -0.15) is 8.42 Å². The molecule has 0 amide bonds. The van der Waals surface area contributed by atoms with Gasteiger partial charge in [0.2, 0.25) is 0 Å². The number of aryl methyl sites for hydroxylation is 1. The minimum atomic E-state index is -4.05. The van der Waals surface area contributed by atoms with Gasteiger partial charge in [0.15, 0.2) is 12.4 Å². The Morgan fingerprint density at radius 2 is 1.87 bits per heavy atom. The lowest BCUT2D eigenvalue weighted by atomic mass is 9.84. The number of allylic oxidation sites excluding steroid dienone is 1. The van der Waals surface area contributed by atoms with E-state index in [4.69, 9.17) is 9.84 Å². The number of hydrogen-bond donors (Lipinski definition) is 2. The van der Waals surface area contributed by atoms with E-state index < -0.39 is 22.0 Å². The second-order valence-electron chi connectivity index (χ2n) is 11.0. The number of esters is 1. The zero-order valence-electron chi connectivity index (χ0n) is 22.7. The number of fused-ring (bicyclic) bond motifs is 2. The lowest BCUT2D eigenvalue weighted by Crippen LogP contribution is -2.46. The Balaban J connectivity index is 1.50. The van der Waals surface area contributed by atoms with E-state index >= 15 is 0 Å². The number of benzene rings is 1. The molecule has 9 nitrogen and oxygen atoms in total. The van der Waals surface area contributed by atoms with Gasteiger partial charge < -0.3 is 14.7 Å². The van der Waals surface area contributed by atoms with Crippen LogP contribution in [0, 0.1) is 0 Å². The molecule has 1 aromatic heterocycles. The van der Waals surface area contributed by atoms with Gasteiger partial charge in [0.05, 0.1) is 17.2 Å². The van der Waals surface area contributed by atoms with E-state index in [2.05, 4.69) is 17.0 Å². The third-order valence-corrected chi connectivity index (χ3v) is 8.29. The maximum Gasteiger partial charge on any atom is 0.319 e. The molecule has 0 saturated carbocycles. The Kier molecular flexibility index (Phi) is 8.46. The molecular weight excluding hydrogens is 520 g/mol. The number of rotatable bonds is 11. The van der Waals surface area contributed by atoms with Crippen molar-refractivity contribution < 1.29 is 37.0 Å². The van der Waals surface area contributed by atoms with Crippen molar-refractivity contribution in [1.82, 2.24) is 0 Å². The average molecular weight is 558 g/mol. The van der Waals surface area contributed by atoms with E-state index in [1.165, 1.54) is 0 Å². The molecule has 0 spiro atoms. The van der Waals surface area contributed by atoms with Gasteiger partial charge in [0, 0.05) is 48.8 Å². The van der Waals surface area contributed by atoms with Gasteiger partial charge in [0.25, 0.3) is 10.1 Å². The first kappa shape index (κ1) is 28.8. The van der Waals surface area contributed by atoms with Gasteiger partial charge in [-0.15, -0.1) is 0 Å². The van der Waals surface area contributed by atoms with Gasteiger partial charge in [-0.1, -0.05) is 6.08 Å². The predicted octanol–water partition coefficient (Wildman–Crippen LogP) is 4.14. The molecular formula is C29H37N2O7S+. The lowest BCUT2D eigenvalue weighted by Gasteiger charge is -2.44. The maximum absolute atomic E-state index is 13.1. The number of ether oxygens (including phenoxy) is 1. The minimum Gasteiger partial charge on any atom is -0.481 e. The smallest absolute Gasteiger partial charge is 0.319 e. The van der Waals surface area contributed by atoms with Crippen molar-refractivity contribution in [1.29, 1.82) is 0 Å². The van der Waals surface area contributed by atoms with Gasteiger partial charge in [0.1, 0.15) is 12.3 Å². The molecule has 210 valence electrons. The molecule has 1 atom stereocenters. The summed E-state index contributed by atoms with van der Waals surface area (Å²) in [5, 5.41) is 8.75. The highest BCUT2D eigenvalue weighted by atomic mass is 32.2. The van der Waals surface area contributed by atoms with Crippen molar-refractivity contribution >= 4 is 33.3 Å². The number of hydrogen-bond acceptors (Lipinski definition) is 6. The van der Waals surface area contributed by atoms with E-state index in [1.54, 1.807) is 0 Å². The number of aromatic nitrogens is 1. The van der Waals surface area contributed by atoms with E-state index in [9.17, 15) is 22.6 Å². The largest absolute Gasteiger partial charge is 0.481 e. The van der Waals surface area contributed by atoms with E-state index in [0.717, 1.165) is 47.3 Å². The number of carbonyl (C=O) groups is 2. The molecule has 2 aromatic rings. The Hall–Kier alpha value is -3.24. The van der Waals surface area contributed by atoms with Crippen molar-refractivity contribution in [3.8, 4) is 5.75 Å². The fourth-order valence-corrected chi connectivity index (χ4v) is 6.05. The molecule has 2 N–H and O–H groups in total. The number of aliphatic carboxylic acids is 1. The highest BCUT2D eigenvalue weighted by Crippen LogP contribution is 2.44. The van der Waals surface area contributed by atoms with Gasteiger partial charge in [-0.25, -0.2) is 4.57 Å². The zero-order valence-corrected chi connectivity index (χ0v) is 23.5. The number of carbonyl (C=O) groups excluding carboxylic acids is 1. The molecule has 0 radical (unpaired) electrons. The highest BCUT2D eigenvalue weighted by Gasteiger charge is 2.36. The SMILES string of the molecule is CC1=CC(C)(C)N(CCCS(=O)(=O)O)c2cc3c(cc21)CC(c1cc[n+](CCCCCC(=O)O)cc1)C(=O)O3. The molecule has 39 heavy (non-hydrogen) atoms. The zero-order chi connectivity index (χ0) is 28.4. The summed E-state index contributed by atoms with van der Waals surface area (Å²) in [5.74, 6) is -1.30. The predicted molar refractivity (Wildman–Crippen MR) is 147 cm³/mol. The Labute approximate surface area is 229 Å². The third-order valence-electron chi connectivity index (χ3n) is 7.49. The summed E-state index contributed by atoms with van der Waals surface area (Å²) in [4.78, 5) is 25.8. The number of anilines is 1. The van der Waals surface area contributed by atoms with Crippen LogP contribution in [0.15, 0.2) is 42.7 Å². The lowest BCUT2D eigenvalue weighted by molar-refractivity contribution is -0.697. The van der Waals surface area contributed by atoms with Crippen LogP contribution in [-0.4, -0.2) is 47.9 Å². The second kappa shape index (κ2) is 11.5. The van der Waals surface area contributed by atoms with Crippen molar-refractivity contribution in [2.24, 2.45) is 0 Å². The van der Waals surface area contributed by atoms with Gasteiger partial charge in [-0.05, 0) is 69.2 Å². The first-order valence-corrected chi connectivity index (χ1v) is 15.0. The Bertz CT molecular complexity index is 1380. The first-order chi connectivity index (χ1) is 18.3. The summed E-state index contributed by atoms with van der Waals surface area (Å²) in [6.07, 6.45) is 9.42. The number of unbranched alkanes of at least 4 members (excludes halogenated alkanes) is 2. The van der Waals surface area contributed by atoms with Crippen LogP contribution in [0.25, 0.3) is 5.57 Å². The van der Waals surface area contributed by atoms with Crippen LogP contribution < -0.4 is 14.2 Å². The fraction of sp³-hybridized carbons (Fsp3) is 0.483. The molecule has 4 rings (SSSR count). The van der Waals surface area contributed by atoms with Crippen LogP contribution in [-0.2, 0) is 32.7 Å². The quantitative estimate of drug-likeness (QED) is 0.139. The van der Waals surface area contributed by atoms with Crippen LogP contribution in [0.1, 0.15) is 75.5 Å². The minimum absolute atomic E-state index is 0.192. The molecule has 0 fully saturated rings. The van der Waals surface area contributed by atoms with Gasteiger partial charge >= 0.3 is 11.9 Å². The van der Waals surface area contributed by atoms with E-state index in [1.807, 2.05) is 55.9 Å². The molecule has 0 aliphatic carbocycles. The maximum atomic E-state index is 13.1. The fourth-order valence-electron chi connectivity index (χ4n) is 5.55. The first-order valence-electron chi connectivity index (χ1n) is 13.4. The van der Waals surface area contributed by atoms with Gasteiger partial charge in [-0.3, -0.25) is 14.1 Å². The summed E-state index contributed by atoms with van der Waals surface area (Å²) in [6.45, 7) is 7.35. The molecule has 1 aromatic carbocycles. The summed E-state index contributed by atoms with van der Waals surface area (Å²) in [6, 6.07) is 7.84. The Morgan fingerprint density at radius 1 is 1.15 bits per heavy atom. The topological polar surface area (TPSA) is 125 Å². The van der Waals surface area contributed by atoms with E-state index in [0.29, 0.717) is 25.1 Å². The molecule has 3 heterocycles. The van der Waals surface area contributed by atoms with Crippen LogP contribution >= 0.6 is 0 Å². The molecule has 10 heteroatoms. The van der Waals surface area contributed by atoms with Crippen LogP contribution in [0.5, 0.6) is 5.75 Å². The standard InChI is InChI=1S/C29H36N2O7S/c1-20-19-29(2,3)31(12-7-15-39(35,36)37)25-18-26-22(16-23(20)25)17-24(28(34)38-26)21-9-13-30(14-10-21)11-6-4-5-8-27(32)33/h9-10,13-14,16,18-19,24H,4-8,11-12,15,17H2,1-3H3,(H-,32,33,35,36,37)/p+1. The third kappa shape index (κ3) is 7.05.